The Morgan fingerprint density at radius 1 is 1.21 bits per heavy atom. The zero-order valence-electron chi connectivity index (χ0n) is 11.7. The highest BCUT2D eigenvalue weighted by Gasteiger charge is 2.23. The lowest BCUT2D eigenvalue weighted by Gasteiger charge is -2.18. The first kappa shape index (κ1) is 13.1. The molecule has 1 aromatic rings. The second-order valence-electron chi connectivity index (χ2n) is 5.87. The summed E-state index contributed by atoms with van der Waals surface area (Å²) in [5.41, 5.74) is 1.44. The van der Waals surface area contributed by atoms with Crippen molar-refractivity contribution in [1.82, 2.24) is 4.90 Å². The van der Waals surface area contributed by atoms with Gasteiger partial charge in [0, 0.05) is 17.8 Å². The fourth-order valence-corrected chi connectivity index (χ4v) is 4.31. The van der Waals surface area contributed by atoms with Crippen LogP contribution in [0.1, 0.15) is 39.4 Å². The second kappa shape index (κ2) is 5.63. The van der Waals surface area contributed by atoms with Crippen molar-refractivity contribution in [3.63, 3.8) is 0 Å². The maximum atomic E-state index is 12.6. The molecule has 1 aromatic heterocycles. The van der Waals surface area contributed by atoms with Gasteiger partial charge in [-0.15, -0.1) is 11.3 Å². The van der Waals surface area contributed by atoms with Crippen LogP contribution in [-0.4, -0.2) is 44.0 Å². The number of nitrogens with zero attached hydrogens (tertiary/aromatic N) is 1. The van der Waals surface area contributed by atoms with E-state index >= 15 is 0 Å². The topological polar surface area (TPSA) is 24.8 Å². The molecule has 0 aromatic carbocycles. The molecule has 2 heterocycles. The third kappa shape index (κ3) is 2.84. The van der Waals surface area contributed by atoms with Gasteiger partial charge in [-0.05, 0) is 37.3 Å². The van der Waals surface area contributed by atoms with E-state index in [1.54, 1.807) is 16.2 Å². The number of rotatable bonds is 1. The molecule has 1 amide bonds. The summed E-state index contributed by atoms with van der Waals surface area (Å²) >= 11 is 1.75. The molecule has 1 saturated heterocycles. The SMILES string of the molecule is C[NH+]1CCCN(C(=O)c2cc3c(s2)CCCC3)CC1. The summed E-state index contributed by atoms with van der Waals surface area (Å²) in [5.74, 6) is 0.272. The van der Waals surface area contributed by atoms with Crippen molar-refractivity contribution < 1.29 is 9.69 Å². The molecule has 0 spiro atoms. The van der Waals surface area contributed by atoms with Gasteiger partial charge < -0.3 is 9.80 Å². The molecule has 0 bridgehead atoms. The molecule has 0 saturated carbocycles. The Labute approximate surface area is 119 Å². The molecule has 19 heavy (non-hydrogen) atoms. The van der Waals surface area contributed by atoms with E-state index in [1.807, 2.05) is 0 Å². The summed E-state index contributed by atoms with van der Waals surface area (Å²) < 4.78 is 0. The largest absolute Gasteiger partial charge is 0.336 e. The molecular formula is C15H23N2OS+. The number of nitrogens with one attached hydrogen (secondary N) is 1. The van der Waals surface area contributed by atoms with Crippen LogP contribution >= 0.6 is 11.3 Å². The zero-order chi connectivity index (χ0) is 13.2. The van der Waals surface area contributed by atoms with Gasteiger partial charge in [0.05, 0.1) is 31.6 Å². The highest BCUT2D eigenvalue weighted by Crippen LogP contribution is 2.30. The standard InChI is InChI=1S/C15H22N2OS/c1-16-7-4-8-17(10-9-16)15(18)14-11-12-5-2-3-6-13(12)19-14/h11H,2-10H2,1H3/p+1. The van der Waals surface area contributed by atoms with Gasteiger partial charge in [0.25, 0.3) is 5.91 Å². The van der Waals surface area contributed by atoms with E-state index in [9.17, 15) is 4.79 Å². The fourth-order valence-electron chi connectivity index (χ4n) is 3.09. The van der Waals surface area contributed by atoms with Crippen LogP contribution in [0.25, 0.3) is 0 Å². The minimum absolute atomic E-state index is 0.272. The number of hydrogen-bond acceptors (Lipinski definition) is 2. The second-order valence-corrected chi connectivity index (χ2v) is 7.01. The number of hydrogen-bond donors (Lipinski definition) is 1. The number of amides is 1. The molecule has 1 atom stereocenters. The van der Waals surface area contributed by atoms with Crippen LogP contribution in [0.4, 0.5) is 0 Å². The number of quaternary nitrogens is 1. The van der Waals surface area contributed by atoms with Crippen LogP contribution in [0, 0.1) is 0 Å². The molecule has 1 fully saturated rings. The first-order valence-corrected chi connectivity index (χ1v) is 8.28. The van der Waals surface area contributed by atoms with Gasteiger partial charge in [-0.2, -0.15) is 0 Å². The summed E-state index contributed by atoms with van der Waals surface area (Å²) in [6.07, 6.45) is 6.06. The summed E-state index contributed by atoms with van der Waals surface area (Å²) in [5, 5.41) is 0. The lowest BCUT2D eigenvalue weighted by atomic mass is 9.99. The quantitative estimate of drug-likeness (QED) is 0.815. The van der Waals surface area contributed by atoms with Crippen LogP contribution in [0.3, 0.4) is 0 Å². The number of carbonyl (C=O) groups excluding carboxylic acids is 1. The van der Waals surface area contributed by atoms with Gasteiger partial charge in [-0.25, -0.2) is 0 Å². The average molecular weight is 279 g/mol. The normalized spacial score (nSPS) is 23.8. The molecule has 1 unspecified atom stereocenters. The Kier molecular flexibility index (Phi) is 3.89. The molecule has 104 valence electrons. The first-order chi connectivity index (χ1) is 9.24. The average Bonchev–Trinajstić information content (AvgIpc) is 2.74. The minimum Gasteiger partial charge on any atom is -0.336 e. The number of carbonyl (C=O) groups is 1. The monoisotopic (exact) mass is 279 g/mol. The van der Waals surface area contributed by atoms with E-state index in [4.69, 9.17) is 0 Å². The molecular weight excluding hydrogens is 256 g/mol. The number of aryl methyl sites for hydroxylation is 2. The lowest BCUT2D eigenvalue weighted by molar-refractivity contribution is -0.877. The van der Waals surface area contributed by atoms with Gasteiger partial charge >= 0.3 is 0 Å². The fraction of sp³-hybridized carbons (Fsp3) is 0.667. The molecule has 1 aliphatic heterocycles. The van der Waals surface area contributed by atoms with Crippen molar-refractivity contribution in [2.75, 3.05) is 33.2 Å². The number of fused-ring (bicyclic) bond motifs is 1. The maximum Gasteiger partial charge on any atom is 0.264 e. The van der Waals surface area contributed by atoms with E-state index in [0.29, 0.717) is 0 Å². The zero-order valence-corrected chi connectivity index (χ0v) is 12.5. The smallest absolute Gasteiger partial charge is 0.264 e. The third-order valence-electron chi connectivity index (χ3n) is 4.33. The van der Waals surface area contributed by atoms with Crippen molar-refractivity contribution in [3.8, 4) is 0 Å². The Morgan fingerprint density at radius 3 is 2.89 bits per heavy atom. The van der Waals surface area contributed by atoms with E-state index in [1.165, 1.54) is 42.7 Å². The van der Waals surface area contributed by atoms with Crippen molar-refractivity contribution in [1.29, 1.82) is 0 Å². The van der Waals surface area contributed by atoms with Crippen molar-refractivity contribution in [2.24, 2.45) is 0 Å². The first-order valence-electron chi connectivity index (χ1n) is 7.46. The summed E-state index contributed by atoms with van der Waals surface area (Å²) in [6, 6.07) is 2.17. The summed E-state index contributed by atoms with van der Waals surface area (Å²) in [4.78, 5) is 18.7. The molecule has 3 rings (SSSR count). The van der Waals surface area contributed by atoms with Crippen LogP contribution in [-0.2, 0) is 12.8 Å². The highest BCUT2D eigenvalue weighted by molar-refractivity contribution is 7.14. The molecule has 4 heteroatoms. The predicted molar refractivity (Wildman–Crippen MR) is 78.1 cm³/mol. The lowest BCUT2D eigenvalue weighted by Crippen LogP contribution is -3.09. The van der Waals surface area contributed by atoms with Gasteiger partial charge in [0.15, 0.2) is 0 Å². The van der Waals surface area contributed by atoms with Gasteiger partial charge in [-0.3, -0.25) is 4.79 Å². The van der Waals surface area contributed by atoms with Crippen LogP contribution < -0.4 is 4.90 Å². The molecule has 0 radical (unpaired) electrons. The summed E-state index contributed by atoms with van der Waals surface area (Å²) in [6.45, 7) is 4.10. The molecule has 1 aliphatic carbocycles. The van der Waals surface area contributed by atoms with Gasteiger partial charge in [0.1, 0.15) is 0 Å². The summed E-state index contributed by atoms with van der Waals surface area (Å²) in [7, 11) is 2.22. The van der Waals surface area contributed by atoms with Crippen molar-refractivity contribution in [2.45, 2.75) is 32.1 Å². The number of thiophene rings is 1. The van der Waals surface area contributed by atoms with Crippen LogP contribution in [0.2, 0.25) is 0 Å². The Hall–Kier alpha value is -0.870. The Morgan fingerprint density at radius 2 is 2.05 bits per heavy atom. The third-order valence-corrected chi connectivity index (χ3v) is 5.56. The van der Waals surface area contributed by atoms with E-state index in [2.05, 4.69) is 18.0 Å². The Bertz CT molecular complexity index is 445. The minimum atomic E-state index is 0.272. The van der Waals surface area contributed by atoms with Crippen LogP contribution in [0.15, 0.2) is 6.07 Å². The molecule has 1 N–H and O–H groups in total. The van der Waals surface area contributed by atoms with Gasteiger partial charge in [-0.1, -0.05) is 0 Å². The number of likely N-dealkylation sites (N-methyl/N-ethyl adjacent to an activating group) is 1. The van der Waals surface area contributed by atoms with E-state index < -0.39 is 0 Å². The molecule has 3 nitrogen and oxygen atoms in total. The predicted octanol–water partition coefficient (Wildman–Crippen LogP) is 0.987. The maximum absolute atomic E-state index is 12.6. The van der Waals surface area contributed by atoms with E-state index in [-0.39, 0.29) is 5.91 Å². The highest BCUT2D eigenvalue weighted by atomic mass is 32.1. The van der Waals surface area contributed by atoms with Crippen molar-refractivity contribution >= 4 is 17.2 Å². The van der Waals surface area contributed by atoms with E-state index in [0.717, 1.165) is 30.9 Å². The van der Waals surface area contributed by atoms with Gasteiger partial charge in [0.2, 0.25) is 0 Å². The Balaban J connectivity index is 1.74. The van der Waals surface area contributed by atoms with Crippen LogP contribution in [0.5, 0.6) is 0 Å². The van der Waals surface area contributed by atoms with Crippen molar-refractivity contribution in [3.05, 3.63) is 21.4 Å². The molecule has 2 aliphatic rings.